The number of likely N-dealkylation sites (tertiary alicyclic amines) is 1. The Hall–Kier alpha value is -1.88. The normalized spacial score (nSPS) is 23.1. The van der Waals surface area contributed by atoms with Crippen LogP contribution in [0, 0.1) is 0 Å². The van der Waals surface area contributed by atoms with Gasteiger partial charge in [0.1, 0.15) is 0 Å². The number of hydrogen-bond acceptors (Lipinski definition) is 3. The number of nitrogens with one attached hydrogen (secondary N) is 1. The lowest BCUT2D eigenvalue weighted by Gasteiger charge is -2.25. The van der Waals surface area contributed by atoms with E-state index < -0.39 is 0 Å². The molecule has 1 aromatic carbocycles. The highest BCUT2D eigenvalue weighted by Gasteiger charge is 2.32. The van der Waals surface area contributed by atoms with E-state index in [-0.39, 0.29) is 11.9 Å². The predicted molar refractivity (Wildman–Crippen MR) is 75.1 cm³/mol. The van der Waals surface area contributed by atoms with Gasteiger partial charge in [0.2, 0.25) is 5.91 Å². The summed E-state index contributed by atoms with van der Waals surface area (Å²) in [4.78, 5) is 27.2. The minimum absolute atomic E-state index is 0.0946. The molecule has 1 atom stereocenters. The van der Waals surface area contributed by atoms with Crippen molar-refractivity contribution in [2.24, 2.45) is 0 Å². The summed E-state index contributed by atoms with van der Waals surface area (Å²) in [5, 5.41) is 2.67. The lowest BCUT2D eigenvalue weighted by atomic mass is 10.0. The maximum atomic E-state index is 12.2. The van der Waals surface area contributed by atoms with Crippen LogP contribution >= 0.6 is 0 Å². The lowest BCUT2D eigenvalue weighted by molar-refractivity contribution is -0.129. The monoisotopic (exact) mass is 273 g/mol. The van der Waals surface area contributed by atoms with Crippen LogP contribution in [0.15, 0.2) is 30.3 Å². The van der Waals surface area contributed by atoms with E-state index in [1.165, 1.54) is 10.5 Å². The molecule has 0 spiro atoms. The second-order valence-electron chi connectivity index (χ2n) is 5.32. The molecule has 3 rings (SSSR count). The first-order chi connectivity index (χ1) is 9.75. The minimum Gasteiger partial charge on any atom is -0.336 e. The van der Waals surface area contributed by atoms with Crippen LogP contribution in [0.3, 0.4) is 0 Å². The first kappa shape index (κ1) is 13.1. The van der Waals surface area contributed by atoms with Crippen LogP contribution in [-0.2, 0) is 4.79 Å². The van der Waals surface area contributed by atoms with Gasteiger partial charge in [0.05, 0.1) is 6.54 Å². The largest absolute Gasteiger partial charge is 0.336 e. The Kier molecular flexibility index (Phi) is 3.69. The Bertz CT molecular complexity index is 503. The molecule has 5 heteroatoms. The van der Waals surface area contributed by atoms with E-state index in [1.54, 1.807) is 0 Å². The minimum atomic E-state index is -0.259. The van der Waals surface area contributed by atoms with Crippen LogP contribution in [0.2, 0.25) is 0 Å². The molecule has 0 aromatic heterocycles. The number of hydrogen-bond donors (Lipinski definition) is 1. The van der Waals surface area contributed by atoms with Gasteiger partial charge in [-0.25, -0.2) is 4.79 Å². The molecular weight excluding hydrogens is 254 g/mol. The molecule has 2 aliphatic heterocycles. The molecule has 2 saturated heterocycles. The van der Waals surface area contributed by atoms with Crippen LogP contribution in [0.4, 0.5) is 4.79 Å². The highest BCUT2D eigenvalue weighted by Crippen LogP contribution is 2.31. The van der Waals surface area contributed by atoms with E-state index >= 15 is 0 Å². The van der Waals surface area contributed by atoms with Gasteiger partial charge in [0.15, 0.2) is 0 Å². The summed E-state index contributed by atoms with van der Waals surface area (Å²) in [6.07, 6.45) is 2.17. The standard InChI is InChI=1S/C15H19N3O2/c19-14(18-10-8-16-15(18)20)11-17-9-4-7-13(17)12-5-2-1-3-6-12/h1-3,5-6,13H,4,7-11H2,(H,16,20). The molecule has 2 aliphatic rings. The van der Waals surface area contributed by atoms with Gasteiger partial charge in [-0.3, -0.25) is 14.6 Å². The van der Waals surface area contributed by atoms with Crippen molar-refractivity contribution < 1.29 is 9.59 Å². The average molecular weight is 273 g/mol. The van der Waals surface area contributed by atoms with Crippen LogP contribution < -0.4 is 5.32 Å². The van der Waals surface area contributed by atoms with Crippen molar-refractivity contribution in [3.8, 4) is 0 Å². The Labute approximate surface area is 118 Å². The van der Waals surface area contributed by atoms with E-state index in [1.807, 2.05) is 18.2 Å². The summed E-state index contributed by atoms with van der Waals surface area (Å²) in [6, 6.07) is 10.3. The second-order valence-corrected chi connectivity index (χ2v) is 5.32. The number of imide groups is 1. The highest BCUT2D eigenvalue weighted by atomic mass is 16.2. The zero-order chi connectivity index (χ0) is 13.9. The first-order valence-electron chi connectivity index (χ1n) is 7.13. The number of urea groups is 1. The highest BCUT2D eigenvalue weighted by molar-refractivity contribution is 5.96. The molecule has 5 nitrogen and oxygen atoms in total. The lowest BCUT2D eigenvalue weighted by Crippen LogP contribution is -2.41. The Balaban J connectivity index is 1.67. The quantitative estimate of drug-likeness (QED) is 0.905. The van der Waals surface area contributed by atoms with E-state index in [4.69, 9.17) is 0 Å². The number of nitrogens with zero attached hydrogens (tertiary/aromatic N) is 2. The summed E-state index contributed by atoms with van der Waals surface area (Å²) >= 11 is 0. The Morgan fingerprint density at radius 2 is 2.05 bits per heavy atom. The summed E-state index contributed by atoms with van der Waals surface area (Å²) in [5.41, 5.74) is 1.25. The molecule has 20 heavy (non-hydrogen) atoms. The molecule has 1 N–H and O–H groups in total. The van der Waals surface area contributed by atoms with Crippen LogP contribution in [0.5, 0.6) is 0 Å². The molecule has 0 aliphatic carbocycles. The van der Waals surface area contributed by atoms with Gasteiger partial charge in [0.25, 0.3) is 0 Å². The van der Waals surface area contributed by atoms with Crippen molar-refractivity contribution in [1.29, 1.82) is 0 Å². The van der Waals surface area contributed by atoms with Crippen molar-refractivity contribution in [1.82, 2.24) is 15.1 Å². The first-order valence-corrected chi connectivity index (χ1v) is 7.13. The summed E-state index contributed by atoms with van der Waals surface area (Å²) in [6.45, 7) is 2.29. The number of carbonyl (C=O) groups excluding carboxylic acids is 2. The zero-order valence-electron chi connectivity index (χ0n) is 11.4. The van der Waals surface area contributed by atoms with Gasteiger partial charge in [-0.1, -0.05) is 30.3 Å². The third-order valence-corrected chi connectivity index (χ3v) is 4.04. The average Bonchev–Trinajstić information content (AvgIpc) is 3.08. The van der Waals surface area contributed by atoms with Crippen molar-refractivity contribution in [3.05, 3.63) is 35.9 Å². The maximum absolute atomic E-state index is 12.2. The van der Waals surface area contributed by atoms with Crippen molar-refractivity contribution in [3.63, 3.8) is 0 Å². The summed E-state index contributed by atoms with van der Waals surface area (Å²) in [7, 11) is 0. The molecule has 0 saturated carbocycles. The molecule has 1 aromatic rings. The van der Waals surface area contributed by atoms with Gasteiger partial charge >= 0.3 is 6.03 Å². The smallest absolute Gasteiger partial charge is 0.324 e. The van der Waals surface area contributed by atoms with Crippen LogP contribution in [-0.4, -0.2) is 47.9 Å². The summed E-state index contributed by atoms with van der Waals surface area (Å²) < 4.78 is 0. The predicted octanol–water partition coefficient (Wildman–Crippen LogP) is 1.38. The van der Waals surface area contributed by atoms with Gasteiger partial charge < -0.3 is 5.32 Å². The van der Waals surface area contributed by atoms with E-state index in [0.717, 1.165) is 19.4 Å². The molecule has 3 amide bonds. The van der Waals surface area contributed by atoms with E-state index in [9.17, 15) is 9.59 Å². The topological polar surface area (TPSA) is 52.7 Å². The maximum Gasteiger partial charge on any atom is 0.324 e. The van der Waals surface area contributed by atoms with Crippen LogP contribution in [0.1, 0.15) is 24.4 Å². The van der Waals surface area contributed by atoms with Gasteiger partial charge in [-0.15, -0.1) is 0 Å². The van der Waals surface area contributed by atoms with Crippen molar-refractivity contribution >= 4 is 11.9 Å². The Morgan fingerprint density at radius 1 is 1.25 bits per heavy atom. The Morgan fingerprint density at radius 3 is 2.75 bits per heavy atom. The molecular formula is C15H19N3O2. The fraction of sp³-hybridized carbons (Fsp3) is 0.467. The summed E-state index contributed by atoms with van der Waals surface area (Å²) in [5.74, 6) is -0.0946. The number of rotatable bonds is 3. The van der Waals surface area contributed by atoms with Gasteiger partial charge in [-0.2, -0.15) is 0 Å². The molecule has 2 fully saturated rings. The number of carbonyl (C=O) groups is 2. The van der Waals surface area contributed by atoms with Crippen molar-refractivity contribution in [2.75, 3.05) is 26.2 Å². The SMILES string of the molecule is O=C(CN1CCCC1c1ccccc1)N1CCNC1=O. The molecule has 0 bridgehead atoms. The number of benzene rings is 1. The fourth-order valence-electron chi connectivity index (χ4n) is 3.04. The zero-order valence-corrected chi connectivity index (χ0v) is 11.4. The molecule has 2 heterocycles. The fourth-order valence-corrected chi connectivity index (χ4v) is 3.04. The third-order valence-electron chi connectivity index (χ3n) is 4.04. The van der Waals surface area contributed by atoms with Gasteiger partial charge in [0, 0.05) is 19.1 Å². The second kappa shape index (κ2) is 5.63. The molecule has 1 unspecified atom stereocenters. The molecule has 106 valence electrons. The van der Waals surface area contributed by atoms with E-state index in [0.29, 0.717) is 25.7 Å². The van der Waals surface area contributed by atoms with Crippen LogP contribution in [0.25, 0.3) is 0 Å². The van der Waals surface area contributed by atoms with Crippen molar-refractivity contribution in [2.45, 2.75) is 18.9 Å². The molecule has 0 radical (unpaired) electrons. The third kappa shape index (κ3) is 2.54. The number of amides is 3. The van der Waals surface area contributed by atoms with E-state index in [2.05, 4.69) is 22.3 Å². The van der Waals surface area contributed by atoms with Gasteiger partial charge in [-0.05, 0) is 24.9 Å².